The minimum Gasteiger partial charge on any atom is -0.478 e. The van der Waals surface area contributed by atoms with E-state index in [4.69, 9.17) is 9.72 Å². The first-order valence-corrected chi connectivity index (χ1v) is 8.98. The molecule has 1 aliphatic heterocycles. The first kappa shape index (κ1) is 16.0. The zero-order chi connectivity index (χ0) is 17.2. The summed E-state index contributed by atoms with van der Waals surface area (Å²) >= 11 is 1.63. The van der Waals surface area contributed by atoms with Crippen molar-refractivity contribution in [3.8, 4) is 0 Å². The molecular weight excluding hydrogens is 338 g/mol. The number of fused-ring (bicyclic) bond motifs is 1. The fourth-order valence-corrected chi connectivity index (χ4v) is 3.86. The molecule has 1 aromatic carbocycles. The summed E-state index contributed by atoms with van der Waals surface area (Å²) in [4.78, 5) is 23.1. The van der Waals surface area contributed by atoms with Gasteiger partial charge in [-0.25, -0.2) is 14.8 Å². The van der Waals surface area contributed by atoms with Crippen LogP contribution < -0.4 is 4.90 Å². The van der Waals surface area contributed by atoms with Crippen LogP contribution in [0.5, 0.6) is 0 Å². The molecule has 6 nitrogen and oxygen atoms in total. The molecule has 0 aliphatic carbocycles. The van der Waals surface area contributed by atoms with Gasteiger partial charge in [0.05, 0.1) is 29.0 Å². The molecule has 1 saturated heterocycles. The first-order valence-electron chi connectivity index (χ1n) is 8.10. The highest BCUT2D eigenvalue weighted by atomic mass is 32.1. The van der Waals surface area contributed by atoms with E-state index in [1.54, 1.807) is 23.5 Å². The highest BCUT2D eigenvalue weighted by Crippen LogP contribution is 2.30. The molecule has 0 spiro atoms. The third kappa shape index (κ3) is 3.20. The molecule has 0 unspecified atom stereocenters. The summed E-state index contributed by atoms with van der Waals surface area (Å²) in [6.07, 6.45) is 0.394. The molecule has 25 heavy (non-hydrogen) atoms. The van der Waals surface area contributed by atoms with Gasteiger partial charge in [-0.3, -0.25) is 0 Å². The average Bonchev–Trinajstić information content (AvgIpc) is 3.10. The van der Waals surface area contributed by atoms with Gasteiger partial charge in [0.1, 0.15) is 5.82 Å². The molecule has 0 radical (unpaired) electrons. The maximum absolute atomic E-state index is 11.4. The summed E-state index contributed by atoms with van der Waals surface area (Å²) in [6.45, 7) is 2.98. The van der Waals surface area contributed by atoms with Crippen LogP contribution in [0.4, 0.5) is 5.82 Å². The van der Waals surface area contributed by atoms with Gasteiger partial charge in [-0.2, -0.15) is 0 Å². The number of carboxylic acid groups (broad SMARTS) is 1. The number of carbonyl (C=O) groups is 1. The van der Waals surface area contributed by atoms with Gasteiger partial charge >= 0.3 is 5.97 Å². The van der Waals surface area contributed by atoms with Gasteiger partial charge in [-0.05, 0) is 23.1 Å². The molecule has 2 aromatic heterocycles. The van der Waals surface area contributed by atoms with Gasteiger partial charge in [0.15, 0.2) is 5.82 Å². The fraction of sp³-hybridized carbons (Fsp3) is 0.278. The van der Waals surface area contributed by atoms with Gasteiger partial charge in [-0.1, -0.05) is 18.2 Å². The number of aromatic nitrogens is 2. The summed E-state index contributed by atoms with van der Waals surface area (Å²) in [6, 6.07) is 8.99. The molecule has 1 fully saturated rings. The number of ether oxygens (including phenoxy) is 1. The standard InChI is InChI=1S/C18H17N3O3S/c22-18(23)13-4-2-1-3-12(13)11-15-19-14-5-10-25-16(14)17(20-15)21-6-8-24-9-7-21/h1-5,10H,6-9,11H2,(H,22,23). The van der Waals surface area contributed by atoms with Gasteiger partial charge in [0.25, 0.3) is 0 Å². The van der Waals surface area contributed by atoms with E-state index in [9.17, 15) is 9.90 Å². The maximum atomic E-state index is 11.4. The van der Waals surface area contributed by atoms with Crippen molar-refractivity contribution >= 4 is 33.3 Å². The Morgan fingerprint density at radius 1 is 1.20 bits per heavy atom. The molecule has 4 rings (SSSR count). The van der Waals surface area contributed by atoms with Crippen LogP contribution in [0.2, 0.25) is 0 Å². The minimum absolute atomic E-state index is 0.296. The highest BCUT2D eigenvalue weighted by Gasteiger charge is 2.19. The summed E-state index contributed by atoms with van der Waals surface area (Å²) < 4.78 is 6.50. The summed E-state index contributed by atoms with van der Waals surface area (Å²) in [5.74, 6) is 0.632. The fourth-order valence-electron chi connectivity index (χ4n) is 3.02. The second-order valence-electron chi connectivity index (χ2n) is 5.84. The zero-order valence-corrected chi connectivity index (χ0v) is 14.3. The van der Waals surface area contributed by atoms with Gasteiger partial charge in [0, 0.05) is 19.5 Å². The maximum Gasteiger partial charge on any atom is 0.335 e. The normalized spacial score (nSPS) is 14.8. The van der Waals surface area contributed by atoms with E-state index in [2.05, 4.69) is 9.88 Å². The number of morpholine rings is 1. The lowest BCUT2D eigenvalue weighted by molar-refractivity contribution is 0.0696. The number of carboxylic acids is 1. The van der Waals surface area contributed by atoms with E-state index in [-0.39, 0.29) is 0 Å². The molecule has 1 N–H and O–H groups in total. The van der Waals surface area contributed by atoms with E-state index in [1.165, 1.54) is 0 Å². The quantitative estimate of drug-likeness (QED) is 0.776. The Morgan fingerprint density at radius 3 is 2.80 bits per heavy atom. The summed E-state index contributed by atoms with van der Waals surface area (Å²) in [5.41, 5.74) is 1.92. The largest absolute Gasteiger partial charge is 0.478 e. The highest BCUT2D eigenvalue weighted by molar-refractivity contribution is 7.17. The number of rotatable bonds is 4. The molecule has 0 amide bonds. The van der Waals surface area contributed by atoms with Crippen LogP contribution in [0, 0.1) is 0 Å². The Balaban J connectivity index is 1.74. The van der Waals surface area contributed by atoms with E-state index in [0.717, 1.165) is 34.7 Å². The predicted molar refractivity (Wildman–Crippen MR) is 96.7 cm³/mol. The third-order valence-electron chi connectivity index (χ3n) is 4.24. The van der Waals surface area contributed by atoms with Crippen molar-refractivity contribution in [2.45, 2.75) is 6.42 Å². The summed E-state index contributed by atoms with van der Waals surface area (Å²) in [7, 11) is 0. The average molecular weight is 355 g/mol. The molecule has 128 valence electrons. The van der Waals surface area contributed by atoms with Crippen LogP contribution in [0.3, 0.4) is 0 Å². The number of hydrogen-bond acceptors (Lipinski definition) is 6. The number of hydrogen-bond donors (Lipinski definition) is 1. The minimum atomic E-state index is -0.930. The van der Waals surface area contributed by atoms with E-state index < -0.39 is 5.97 Å². The topological polar surface area (TPSA) is 75.5 Å². The van der Waals surface area contributed by atoms with Crippen LogP contribution in [0.25, 0.3) is 10.2 Å². The summed E-state index contributed by atoms with van der Waals surface area (Å²) in [5, 5.41) is 11.4. The molecule has 3 heterocycles. The van der Waals surface area contributed by atoms with Crippen molar-refractivity contribution in [1.82, 2.24) is 9.97 Å². The van der Waals surface area contributed by atoms with Crippen molar-refractivity contribution in [2.75, 3.05) is 31.2 Å². The Morgan fingerprint density at radius 2 is 2.00 bits per heavy atom. The molecule has 0 bridgehead atoms. The third-order valence-corrected chi connectivity index (χ3v) is 5.14. The smallest absolute Gasteiger partial charge is 0.335 e. The van der Waals surface area contributed by atoms with Crippen LogP contribution >= 0.6 is 11.3 Å². The van der Waals surface area contributed by atoms with Crippen molar-refractivity contribution in [2.24, 2.45) is 0 Å². The molecule has 1 aliphatic rings. The Kier molecular flexibility index (Phi) is 4.33. The van der Waals surface area contributed by atoms with Gasteiger partial charge < -0.3 is 14.7 Å². The second kappa shape index (κ2) is 6.78. The lowest BCUT2D eigenvalue weighted by atomic mass is 10.0. The Hall–Kier alpha value is -2.51. The van der Waals surface area contributed by atoms with Crippen LogP contribution in [-0.4, -0.2) is 47.3 Å². The zero-order valence-electron chi connectivity index (χ0n) is 13.5. The number of nitrogens with zero attached hydrogens (tertiary/aromatic N) is 3. The van der Waals surface area contributed by atoms with E-state index >= 15 is 0 Å². The molecule has 3 aromatic rings. The number of anilines is 1. The molecule has 7 heteroatoms. The van der Waals surface area contributed by atoms with Gasteiger partial charge in [-0.15, -0.1) is 11.3 Å². The molecule has 0 atom stereocenters. The lowest BCUT2D eigenvalue weighted by Crippen LogP contribution is -2.37. The Bertz CT molecular complexity index is 919. The lowest BCUT2D eigenvalue weighted by Gasteiger charge is -2.28. The SMILES string of the molecule is O=C(O)c1ccccc1Cc1nc(N2CCOCC2)c2sccc2n1. The van der Waals surface area contributed by atoms with Crippen molar-refractivity contribution < 1.29 is 14.6 Å². The van der Waals surface area contributed by atoms with E-state index in [0.29, 0.717) is 31.0 Å². The predicted octanol–water partition coefficient (Wildman–Crippen LogP) is 2.82. The van der Waals surface area contributed by atoms with Crippen LogP contribution in [-0.2, 0) is 11.2 Å². The Labute approximate surface area is 148 Å². The van der Waals surface area contributed by atoms with Crippen molar-refractivity contribution in [1.29, 1.82) is 0 Å². The van der Waals surface area contributed by atoms with Crippen LogP contribution in [0.1, 0.15) is 21.7 Å². The van der Waals surface area contributed by atoms with Gasteiger partial charge in [0.2, 0.25) is 0 Å². The number of thiophene rings is 1. The first-order chi connectivity index (χ1) is 12.2. The van der Waals surface area contributed by atoms with Crippen molar-refractivity contribution in [3.63, 3.8) is 0 Å². The van der Waals surface area contributed by atoms with E-state index in [1.807, 2.05) is 23.6 Å². The second-order valence-corrected chi connectivity index (χ2v) is 6.75. The molecule has 0 saturated carbocycles. The monoisotopic (exact) mass is 355 g/mol. The molecular formula is C18H17N3O3S. The van der Waals surface area contributed by atoms with Crippen LogP contribution in [0.15, 0.2) is 35.7 Å². The number of benzene rings is 1. The number of aromatic carboxylic acids is 1. The van der Waals surface area contributed by atoms with Crippen molar-refractivity contribution in [3.05, 3.63) is 52.7 Å².